The van der Waals surface area contributed by atoms with E-state index < -0.39 is 0 Å². The zero-order valence-corrected chi connectivity index (χ0v) is 12.8. The van der Waals surface area contributed by atoms with Crippen molar-refractivity contribution in [2.24, 2.45) is 0 Å². The van der Waals surface area contributed by atoms with Gasteiger partial charge in [0.2, 0.25) is 11.7 Å². The van der Waals surface area contributed by atoms with Crippen LogP contribution in [-0.4, -0.2) is 19.7 Å². The van der Waals surface area contributed by atoms with Crippen molar-refractivity contribution in [3.63, 3.8) is 0 Å². The van der Waals surface area contributed by atoms with E-state index in [0.29, 0.717) is 11.7 Å². The SMILES string of the molecule is Brc1ccc(-c2noc(C3CCc4cncn4C3)n2)cc1. The van der Waals surface area contributed by atoms with Gasteiger partial charge in [0.05, 0.1) is 12.2 Å². The highest BCUT2D eigenvalue weighted by molar-refractivity contribution is 9.10. The van der Waals surface area contributed by atoms with Crippen molar-refractivity contribution in [3.8, 4) is 11.4 Å². The lowest BCUT2D eigenvalue weighted by molar-refractivity contribution is 0.318. The molecule has 0 radical (unpaired) electrons. The summed E-state index contributed by atoms with van der Waals surface area (Å²) in [5.74, 6) is 1.63. The lowest BCUT2D eigenvalue weighted by Crippen LogP contribution is -2.17. The first-order valence-electron chi connectivity index (χ1n) is 6.88. The zero-order valence-electron chi connectivity index (χ0n) is 11.2. The fourth-order valence-electron chi connectivity index (χ4n) is 2.69. The fourth-order valence-corrected chi connectivity index (χ4v) is 2.95. The predicted octanol–water partition coefficient (Wildman–Crippen LogP) is 3.43. The Hall–Kier alpha value is -1.95. The van der Waals surface area contributed by atoms with Gasteiger partial charge in [-0.25, -0.2) is 4.98 Å². The molecule has 0 spiro atoms. The van der Waals surface area contributed by atoms with Crippen LogP contribution in [-0.2, 0) is 13.0 Å². The molecule has 0 N–H and O–H groups in total. The average Bonchev–Trinajstić information content (AvgIpc) is 3.16. The Morgan fingerprint density at radius 1 is 1.24 bits per heavy atom. The Kier molecular flexibility index (Phi) is 3.11. The van der Waals surface area contributed by atoms with Gasteiger partial charge in [-0.05, 0) is 37.1 Å². The van der Waals surface area contributed by atoms with E-state index >= 15 is 0 Å². The normalized spacial score (nSPS) is 17.7. The van der Waals surface area contributed by atoms with Gasteiger partial charge in [0.15, 0.2) is 0 Å². The summed E-state index contributed by atoms with van der Waals surface area (Å²) >= 11 is 3.42. The Bertz CT molecular complexity index is 762. The summed E-state index contributed by atoms with van der Waals surface area (Å²) in [4.78, 5) is 8.75. The summed E-state index contributed by atoms with van der Waals surface area (Å²) in [7, 11) is 0. The third-order valence-corrected chi connectivity index (χ3v) is 4.39. The number of benzene rings is 1. The second-order valence-corrected chi connectivity index (χ2v) is 6.15. The number of aryl methyl sites for hydroxylation is 1. The quantitative estimate of drug-likeness (QED) is 0.714. The first-order chi connectivity index (χ1) is 10.3. The third-order valence-electron chi connectivity index (χ3n) is 3.86. The summed E-state index contributed by atoms with van der Waals surface area (Å²) in [5.41, 5.74) is 2.24. The maximum atomic E-state index is 5.47. The van der Waals surface area contributed by atoms with Crippen molar-refractivity contribution in [2.45, 2.75) is 25.3 Å². The molecule has 0 amide bonds. The maximum absolute atomic E-state index is 5.47. The molecular weight excluding hydrogens is 332 g/mol. The Labute approximate surface area is 130 Å². The molecule has 21 heavy (non-hydrogen) atoms. The summed E-state index contributed by atoms with van der Waals surface area (Å²) in [6.45, 7) is 0.858. The molecular formula is C15H13BrN4O. The summed E-state index contributed by atoms with van der Waals surface area (Å²) in [5, 5.41) is 4.11. The average molecular weight is 345 g/mol. The van der Waals surface area contributed by atoms with Gasteiger partial charge in [-0.15, -0.1) is 0 Å². The van der Waals surface area contributed by atoms with Crippen molar-refractivity contribution in [1.82, 2.24) is 19.7 Å². The highest BCUT2D eigenvalue weighted by Gasteiger charge is 2.25. The van der Waals surface area contributed by atoms with E-state index in [-0.39, 0.29) is 5.92 Å². The summed E-state index contributed by atoms with van der Waals surface area (Å²) in [6.07, 6.45) is 5.82. The molecule has 2 aromatic heterocycles. The molecule has 0 saturated heterocycles. The predicted molar refractivity (Wildman–Crippen MR) is 80.7 cm³/mol. The van der Waals surface area contributed by atoms with E-state index in [4.69, 9.17) is 4.52 Å². The van der Waals surface area contributed by atoms with Gasteiger partial charge in [-0.2, -0.15) is 4.98 Å². The van der Waals surface area contributed by atoms with Crippen molar-refractivity contribution < 1.29 is 4.52 Å². The minimum Gasteiger partial charge on any atom is -0.339 e. The van der Waals surface area contributed by atoms with E-state index in [0.717, 1.165) is 29.4 Å². The molecule has 1 aromatic carbocycles. The molecule has 0 bridgehead atoms. The molecule has 0 saturated carbocycles. The minimum absolute atomic E-state index is 0.267. The lowest BCUT2D eigenvalue weighted by atomic mass is 9.98. The van der Waals surface area contributed by atoms with Gasteiger partial charge in [0.1, 0.15) is 0 Å². The highest BCUT2D eigenvalue weighted by Crippen LogP contribution is 2.29. The van der Waals surface area contributed by atoms with Crippen LogP contribution in [0.5, 0.6) is 0 Å². The fraction of sp³-hybridized carbons (Fsp3) is 0.267. The Morgan fingerprint density at radius 2 is 2.10 bits per heavy atom. The highest BCUT2D eigenvalue weighted by atomic mass is 79.9. The Balaban J connectivity index is 1.59. The van der Waals surface area contributed by atoms with Gasteiger partial charge in [-0.3, -0.25) is 0 Å². The monoisotopic (exact) mass is 344 g/mol. The van der Waals surface area contributed by atoms with Crippen molar-refractivity contribution in [1.29, 1.82) is 0 Å². The minimum atomic E-state index is 0.267. The molecule has 1 aliphatic heterocycles. The van der Waals surface area contributed by atoms with Gasteiger partial charge in [0, 0.05) is 28.5 Å². The molecule has 6 heteroatoms. The van der Waals surface area contributed by atoms with Gasteiger partial charge < -0.3 is 9.09 Å². The van der Waals surface area contributed by atoms with E-state index in [1.807, 2.05) is 36.8 Å². The van der Waals surface area contributed by atoms with Crippen molar-refractivity contribution in [3.05, 3.63) is 52.8 Å². The van der Waals surface area contributed by atoms with Crippen LogP contribution >= 0.6 is 15.9 Å². The largest absolute Gasteiger partial charge is 0.339 e. The van der Waals surface area contributed by atoms with Crippen LogP contribution in [0.3, 0.4) is 0 Å². The maximum Gasteiger partial charge on any atom is 0.231 e. The topological polar surface area (TPSA) is 56.7 Å². The summed E-state index contributed by atoms with van der Waals surface area (Å²) in [6, 6.07) is 7.91. The number of halogens is 1. The van der Waals surface area contributed by atoms with Crippen LogP contribution in [0.4, 0.5) is 0 Å². The number of imidazole rings is 1. The van der Waals surface area contributed by atoms with E-state index in [1.165, 1.54) is 5.69 Å². The number of aromatic nitrogens is 4. The van der Waals surface area contributed by atoms with E-state index in [9.17, 15) is 0 Å². The van der Waals surface area contributed by atoms with Crippen molar-refractivity contribution >= 4 is 15.9 Å². The second-order valence-electron chi connectivity index (χ2n) is 5.24. The molecule has 1 unspecified atom stereocenters. The smallest absolute Gasteiger partial charge is 0.231 e. The summed E-state index contributed by atoms with van der Waals surface area (Å²) < 4.78 is 8.68. The van der Waals surface area contributed by atoms with Crippen LogP contribution < -0.4 is 0 Å². The molecule has 0 fully saturated rings. The van der Waals surface area contributed by atoms with Gasteiger partial charge in [0.25, 0.3) is 0 Å². The molecule has 5 nitrogen and oxygen atoms in total. The number of fused-ring (bicyclic) bond motifs is 1. The zero-order chi connectivity index (χ0) is 14.2. The molecule has 3 aromatic rings. The number of nitrogens with zero attached hydrogens (tertiary/aromatic N) is 4. The van der Waals surface area contributed by atoms with Crippen LogP contribution in [0, 0.1) is 0 Å². The first-order valence-corrected chi connectivity index (χ1v) is 7.67. The van der Waals surface area contributed by atoms with Gasteiger partial charge in [-0.1, -0.05) is 21.1 Å². The molecule has 1 atom stereocenters. The first kappa shape index (κ1) is 12.8. The standard InChI is InChI=1S/C15H13BrN4O/c16-12-4-1-10(2-5-12)14-18-15(21-19-14)11-3-6-13-7-17-9-20(13)8-11/h1-2,4-5,7,9,11H,3,6,8H2. The molecule has 4 rings (SSSR count). The molecule has 0 aliphatic carbocycles. The lowest BCUT2D eigenvalue weighted by Gasteiger charge is -2.20. The second kappa shape index (κ2) is 5.11. The molecule has 1 aliphatic rings. The van der Waals surface area contributed by atoms with Crippen LogP contribution in [0.1, 0.15) is 23.9 Å². The molecule has 3 heterocycles. The number of hydrogen-bond donors (Lipinski definition) is 0. The van der Waals surface area contributed by atoms with Crippen LogP contribution in [0.2, 0.25) is 0 Å². The van der Waals surface area contributed by atoms with Crippen LogP contribution in [0.15, 0.2) is 45.8 Å². The third kappa shape index (κ3) is 2.40. The Morgan fingerprint density at radius 3 is 2.95 bits per heavy atom. The van der Waals surface area contributed by atoms with E-state index in [2.05, 4.69) is 35.6 Å². The number of rotatable bonds is 2. The molecule has 106 valence electrons. The van der Waals surface area contributed by atoms with Gasteiger partial charge >= 0.3 is 0 Å². The number of hydrogen-bond acceptors (Lipinski definition) is 4. The van der Waals surface area contributed by atoms with Crippen molar-refractivity contribution in [2.75, 3.05) is 0 Å². The van der Waals surface area contributed by atoms with Crippen LogP contribution in [0.25, 0.3) is 11.4 Å². The van der Waals surface area contributed by atoms with E-state index in [1.54, 1.807) is 0 Å².